The zero-order chi connectivity index (χ0) is 29.7. The molecule has 0 heterocycles. The van der Waals surface area contributed by atoms with Crippen molar-refractivity contribution in [2.75, 3.05) is 0 Å². The van der Waals surface area contributed by atoms with Gasteiger partial charge in [-0.2, -0.15) is 0 Å². The number of nitrogens with zero attached hydrogens (tertiary/aromatic N) is 1. The number of phenols is 1. The van der Waals surface area contributed by atoms with E-state index >= 15 is 0 Å². The molecule has 2 fully saturated rings. The van der Waals surface area contributed by atoms with Gasteiger partial charge in [0.2, 0.25) is 11.8 Å². The van der Waals surface area contributed by atoms with Crippen molar-refractivity contribution in [1.29, 1.82) is 0 Å². The van der Waals surface area contributed by atoms with Crippen LogP contribution in [-0.4, -0.2) is 51.6 Å². The van der Waals surface area contributed by atoms with Crippen molar-refractivity contribution in [2.45, 2.75) is 116 Å². The Bertz CT molecular complexity index is 1230. The second-order valence-corrected chi connectivity index (χ2v) is 12.6. The Kier molecular flexibility index (Phi) is 9.61. The highest BCUT2D eigenvalue weighted by Crippen LogP contribution is 2.37. The largest absolute Gasteiger partial charge is 0.508 e. The molecule has 8 nitrogen and oxygen atoms in total. The van der Waals surface area contributed by atoms with Gasteiger partial charge in [-0.25, -0.2) is 4.79 Å². The number of carbonyl (C=O) groups excluding carboxylic acids is 3. The molecule has 2 aliphatic carbocycles. The number of nitrogens with one attached hydrogen (secondary N) is 2. The molecular weight excluding hydrogens is 518 g/mol. The fourth-order valence-electron chi connectivity index (χ4n) is 5.58. The van der Waals surface area contributed by atoms with E-state index in [-0.39, 0.29) is 36.1 Å². The molecule has 0 aliphatic heterocycles. The summed E-state index contributed by atoms with van der Waals surface area (Å²) in [6.07, 6.45) is 6.29. The van der Waals surface area contributed by atoms with Gasteiger partial charge < -0.3 is 25.4 Å². The average molecular weight is 564 g/mol. The number of carbonyl (C=O) groups is 3. The van der Waals surface area contributed by atoms with E-state index in [0.717, 1.165) is 60.8 Å². The van der Waals surface area contributed by atoms with E-state index in [2.05, 4.69) is 10.6 Å². The molecule has 0 bridgehead atoms. The van der Waals surface area contributed by atoms with Crippen molar-refractivity contribution in [3.63, 3.8) is 0 Å². The van der Waals surface area contributed by atoms with Crippen LogP contribution in [0.15, 0.2) is 42.5 Å². The monoisotopic (exact) mass is 563 g/mol. The highest BCUT2D eigenvalue weighted by atomic mass is 16.6. The summed E-state index contributed by atoms with van der Waals surface area (Å²) in [5, 5.41) is 15.9. The Morgan fingerprint density at radius 2 is 1.63 bits per heavy atom. The maximum Gasteiger partial charge on any atom is 0.408 e. The lowest BCUT2D eigenvalue weighted by atomic mass is 9.92. The summed E-state index contributed by atoms with van der Waals surface area (Å²) in [6, 6.07) is 10.6. The molecule has 3 N–H and O–H groups in total. The summed E-state index contributed by atoms with van der Waals surface area (Å²) in [5.74, 6) is -0.381. The molecular formula is C33H45N3O5. The standard InChI is InChI=1S/C33H45N3O5/c1-21-10-9-13-27(22(21)2)29(30(38)34-24-11-7-6-8-12-24)36(25-16-17-25)31(39)28(35-32(40)41-33(3,4)5)20-23-14-18-26(37)19-15-23/h9-10,13-15,18-19,24-25,28-29,37H,6-8,11-12,16-17,20H2,1-5H3,(H,34,38)(H,35,40). The maximum atomic E-state index is 14.5. The fraction of sp³-hybridized carbons (Fsp3) is 0.545. The summed E-state index contributed by atoms with van der Waals surface area (Å²) in [5.41, 5.74) is 2.86. The van der Waals surface area contributed by atoms with Crippen molar-refractivity contribution in [3.05, 3.63) is 64.7 Å². The Morgan fingerprint density at radius 1 is 0.976 bits per heavy atom. The van der Waals surface area contributed by atoms with Crippen LogP contribution in [0.3, 0.4) is 0 Å². The third-order valence-electron chi connectivity index (χ3n) is 7.98. The molecule has 41 heavy (non-hydrogen) atoms. The minimum Gasteiger partial charge on any atom is -0.508 e. The summed E-state index contributed by atoms with van der Waals surface area (Å²) < 4.78 is 5.52. The zero-order valence-corrected chi connectivity index (χ0v) is 25.0. The Balaban J connectivity index is 1.71. The zero-order valence-electron chi connectivity index (χ0n) is 25.0. The van der Waals surface area contributed by atoms with Crippen LogP contribution in [0.1, 0.15) is 94.0 Å². The maximum absolute atomic E-state index is 14.5. The van der Waals surface area contributed by atoms with Crippen LogP contribution in [0.2, 0.25) is 0 Å². The Labute approximate surface area is 243 Å². The van der Waals surface area contributed by atoms with Crippen molar-refractivity contribution in [2.24, 2.45) is 0 Å². The van der Waals surface area contributed by atoms with Crippen LogP contribution in [0.4, 0.5) is 4.79 Å². The van der Waals surface area contributed by atoms with Gasteiger partial charge in [0, 0.05) is 18.5 Å². The van der Waals surface area contributed by atoms with Gasteiger partial charge in [0.1, 0.15) is 23.4 Å². The van der Waals surface area contributed by atoms with E-state index in [1.54, 1.807) is 49.9 Å². The first-order valence-electron chi connectivity index (χ1n) is 14.9. The lowest BCUT2D eigenvalue weighted by molar-refractivity contribution is -0.143. The third kappa shape index (κ3) is 8.24. The van der Waals surface area contributed by atoms with E-state index in [1.165, 1.54) is 6.42 Å². The Hall–Kier alpha value is -3.55. The number of aryl methyl sites for hydroxylation is 1. The lowest BCUT2D eigenvalue weighted by Crippen LogP contribution is -2.55. The van der Waals surface area contributed by atoms with Crippen LogP contribution >= 0.6 is 0 Å². The molecule has 2 aromatic rings. The molecule has 0 saturated heterocycles. The first-order chi connectivity index (χ1) is 19.4. The van der Waals surface area contributed by atoms with Crippen LogP contribution in [-0.2, 0) is 20.7 Å². The number of rotatable bonds is 9. The van der Waals surface area contributed by atoms with Gasteiger partial charge in [0.05, 0.1) is 0 Å². The van der Waals surface area contributed by atoms with Crippen molar-refractivity contribution < 1.29 is 24.2 Å². The number of benzene rings is 2. The second-order valence-electron chi connectivity index (χ2n) is 12.6. The first kappa shape index (κ1) is 30.4. The molecule has 3 amide bonds. The molecule has 222 valence electrons. The molecule has 8 heteroatoms. The predicted molar refractivity (Wildman–Crippen MR) is 159 cm³/mol. The minimum absolute atomic E-state index is 0.0905. The van der Waals surface area contributed by atoms with Crippen LogP contribution in [0, 0.1) is 13.8 Å². The van der Waals surface area contributed by atoms with E-state index in [9.17, 15) is 19.5 Å². The van der Waals surface area contributed by atoms with Gasteiger partial charge in [-0.3, -0.25) is 9.59 Å². The number of ether oxygens (including phenoxy) is 1. The highest BCUT2D eigenvalue weighted by molar-refractivity contribution is 5.93. The number of hydrogen-bond donors (Lipinski definition) is 3. The summed E-state index contributed by atoms with van der Waals surface area (Å²) in [4.78, 5) is 43.3. The van der Waals surface area contributed by atoms with Crippen molar-refractivity contribution in [1.82, 2.24) is 15.5 Å². The third-order valence-corrected chi connectivity index (χ3v) is 7.98. The number of amides is 3. The molecule has 2 atom stereocenters. The molecule has 0 spiro atoms. The molecule has 2 aromatic carbocycles. The summed E-state index contributed by atoms with van der Waals surface area (Å²) in [6.45, 7) is 9.31. The topological polar surface area (TPSA) is 108 Å². The van der Waals surface area contributed by atoms with Gasteiger partial charge >= 0.3 is 6.09 Å². The molecule has 0 aromatic heterocycles. The molecule has 0 radical (unpaired) electrons. The number of phenolic OH excluding ortho intramolecular Hbond substituents is 1. The molecule has 2 unspecified atom stereocenters. The van der Waals surface area contributed by atoms with E-state index in [0.29, 0.717) is 0 Å². The quantitative estimate of drug-likeness (QED) is 0.367. The summed E-state index contributed by atoms with van der Waals surface area (Å²) >= 11 is 0. The second kappa shape index (κ2) is 13.0. The minimum atomic E-state index is -0.968. The van der Waals surface area contributed by atoms with Gasteiger partial charge in [-0.15, -0.1) is 0 Å². The lowest BCUT2D eigenvalue weighted by Gasteiger charge is -2.36. The first-order valence-corrected chi connectivity index (χ1v) is 14.9. The van der Waals surface area contributed by atoms with Crippen LogP contribution in [0.25, 0.3) is 0 Å². The number of alkyl carbamates (subject to hydrolysis) is 1. The predicted octanol–water partition coefficient (Wildman–Crippen LogP) is 5.63. The van der Waals surface area contributed by atoms with Crippen molar-refractivity contribution in [3.8, 4) is 5.75 Å². The van der Waals surface area contributed by atoms with Gasteiger partial charge in [0.15, 0.2) is 0 Å². The van der Waals surface area contributed by atoms with Gasteiger partial charge in [0.25, 0.3) is 0 Å². The van der Waals surface area contributed by atoms with Crippen molar-refractivity contribution >= 4 is 17.9 Å². The van der Waals surface area contributed by atoms with Crippen LogP contribution < -0.4 is 10.6 Å². The average Bonchev–Trinajstić information content (AvgIpc) is 3.74. The van der Waals surface area contributed by atoms with Gasteiger partial charge in [-0.05, 0) is 94.7 Å². The SMILES string of the molecule is Cc1cccc(C(C(=O)NC2CCCCC2)N(C(=O)C(Cc2ccc(O)cc2)NC(=O)OC(C)(C)C)C2CC2)c1C. The van der Waals surface area contributed by atoms with Gasteiger partial charge in [-0.1, -0.05) is 49.6 Å². The van der Waals surface area contributed by atoms with E-state index in [1.807, 2.05) is 32.0 Å². The summed E-state index contributed by atoms with van der Waals surface area (Å²) in [7, 11) is 0. The molecule has 4 rings (SSSR count). The smallest absolute Gasteiger partial charge is 0.408 e. The van der Waals surface area contributed by atoms with E-state index < -0.39 is 23.8 Å². The number of aromatic hydroxyl groups is 1. The fourth-order valence-corrected chi connectivity index (χ4v) is 5.58. The normalized spacial score (nSPS) is 17.3. The Morgan fingerprint density at radius 3 is 2.24 bits per heavy atom. The highest BCUT2D eigenvalue weighted by Gasteiger charge is 2.45. The van der Waals surface area contributed by atoms with E-state index in [4.69, 9.17) is 4.74 Å². The number of hydrogen-bond acceptors (Lipinski definition) is 5. The molecule has 2 saturated carbocycles. The molecule has 2 aliphatic rings. The van der Waals surface area contributed by atoms with Crippen LogP contribution in [0.5, 0.6) is 5.75 Å².